The van der Waals surface area contributed by atoms with Gasteiger partial charge in [-0.05, 0) is 41.8 Å². The summed E-state index contributed by atoms with van der Waals surface area (Å²) >= 11 is 6.16. The van der Waals surface area contributed by atoms with Crippen LogP contribution in [0.5, 0.6) is 0 Å². The predicted molar refractivity (Wildman–Crippen MR) is 104 cm³/mol. The molecule has 2 aromatic rings. The molecule has 0 aliphatic heterocycles. The van der Waals surface area contributed by atoms with Crippen molar-refractivity contribution in [3.8, 4) is 0 Å². The number of anilines is 1. The molecule has 0 spiro atoms. The van der Waals surface area contributed by atoms with Gasteiger partial charge in [0.05, 0.1) is 22.6 Å². The van der Waals surface area contributed by atoms with Gasteiger partial charge in [-0.1, -0.05) is 37.6 Å². The summed E-state index contributed by atoms with van der Waals surface area (Å²) < 4.78 is 0. The van der Waals surface area contributed by atoms with Gasteiger partial charge < -0.3 is 15.7 Å². The number of halogens is 1. The number of benzene rings is 2. The van der Waals surface area contributed by atoms with Crippen molar-refractivity contribution in [3.63, 3.8) is 0 Å². The fourth-order valence-corrected chi connectivity index (χ4v) is 2.59. The molecule has 0 aliphatic carbocycles. The van der Waals surface area contributed by atoms with E-state index in [1.807, 2.05) is 13.8 Å². The molecule has 2 aromatic carbocycles. The molecule has 0 atom stereocenters. The average molecular weight is 389 g/mol. The van der Waals surface area contributed by atoms with Crippen molar-refractivity contribution in [2.45, 2.75) is 20.3 Å². The molecule has 6 nitrogen and oxygen atoms in total. The van der Waals surface area contributed by atoms with Crippen molar-refractivity contribution in [2.24, 2.45) is 5.92 Å². The number of carboxylic acids is 1. The van der Waals surface area contributed by atoms with E-state index in [0.29, 0.717) is 29.3 Å². The SMILES string of the molecule is CC(C)CNC(=O)c1ccc(NC(=O)Cc2ccc(C(=O)O)cc2)cc1Cl. The summed E-state index contributed by atoms with van der Waals surface area (Å²) in [6.07, 6.45) is 0.0914. The zero-order valence-electron chi connectivity index (χ0n) is 15.1. The highest BCUT2D eigenvalue weighted by Gasteiger charge is 2.12. The van der Waals surface area contributed by atoms with E-state index in [4.69, 9.17) is 16.7 Å². The number of rotatable bonds is 7. The molecule has 0 aliphatic rings. The second-order valence-corrected chi connectivity index (χ2v) is 6.93. The highest BCUT2D eigenvalue weighted by molar-refractivity contribution is 6.34. The lowest BCUT2D eigenvalue weighted by atomic mass is 10.1. The first-order chi connectivity index (χ1) is 12.8. The molecule has 2 rings (SSSR count). The summed E-state index contributed by atoms with van der Waals surface area (Å²) in [7, 11) is 0. The van der Waals surface area contributed by atoms with Crippen molar-refractivity contribution in [1.82, 2.24) is 5.32 Å². The maximum Gasteiger partial charge on any atom is 0.335 e. The van der Waals surface area contributed by atoms with E-state index in [1.54, 1.807) is 24.3 Å². The van der Waals surface area contributed by atoms with Crippen molar-refractivity contribution in [3.05, 3.63) is 64.2 Å². The van der Waals surface area contributed by atoms with Crippen molar-refractivity contribution in [2.75, 3.05) is 11.9 Å². The first kappa shape index (κ1) is 20.5. The van der Waals surface area contributed by atoms with E-state index < -0.39 is 5.97 Å². The quantitative estimate of drug-likeness (QED) is 0.675. The number of aromatic carboxylic acids is 1. The Balaban J connectivity index is 1.98. The minimum absolute atomic E-state index is 0.0914. The van der Waals surface area contributed by atoms with Gasteiger partial charge in [-0.2, -0.15) is 0 Å². The lowest BCUT2D eigenvalue weighted by Crippen LogP contribution is -2.27. The number of nitrogens with one attached hydrogen (secondary N) is 2. The fraction of sp³-hybridized carbons (Fsp3) is 0.250. The minimum atomic E-state index is -1.02. The molecule has 7 heteroatoms. The Hall–Kier alpha value is -2.86. The highest BCUT2D eigenvalue weighted by atomic mass is 35.5. The first-order valence-corrected chi connectivity index (χ1v) is 8.84. The molecule has 0 heterocycles. The van der Waals surface area contributed by atoms with E-state index in [-0.39, 0.29) is 28.8 Å². The highest BCUT2D eigenvalue weighted by Crippen LogP contribution is 2.21. The molecule has 27 heavy (non-hydrogen) atoms. The fourth-order valence-electron chi connectivity index (χ4n) is 2.32. The first-order valence-electron chi connectivity index (χ1n) is 8.46. The zero-order chi connectivity index (χ0) is 20.0. The number of carboxylic acid groups (broad SMARTS) is 1. The third kappa shape index (κ3) is 6.11. The lowest BCUT2D eigenvalue weighted by Gasteiger charge is -2.11. The van der Waals surface area contributed by atoms with E-state index >= 15 is 0 Å². The van der Waals surface area contributed by atoms with Crippen LogP contribution in [0.2, 0.25) is 5.02 Å². The van der Waals surface area contributed by atoms with Crippen molar-refractivity contribution in [1.29, 1.82) is 0 Å². The van der Waals surface area contributed by atoms with Gasteiger partial charge in [-0.15, -0.1) is 0 Å². The molecule has 142 valence electrons. The van der Waals surface area contributed by atoms with Gasteiger partial charge in [0, 0.05) is 12.2 Å². The number of carbonyl (C=O) groups is 3. The van der Waals surface area contributed by atoms with Gasteiger partial charge >= 0.3 is 5.97 Å². The summed E-state index contributed by atoms with van der Waals surface area (Å²) in [5.41, 5.74) is 1.68. The van der Waals surface area contributed by atoms with E-state index in [1.165, 1.54) is 18.2 Å². The smallest absolute Gasteiger partial charge is 0.335 e. The third-order valence-electron chi connectivity index (χ3n) is 3.73. The third-order valence-corrected chi connectivity index (χ3v) is 4.05. The van der Waals surface area contributed by atoms with E-state index in [9.17, 15) is 14.4 Å². The lowest BCUT2D eigenvalue weighted by molar-refractivity contribution is -0.115. The van der Waals surface area contributed by atoms with Crippen LogP contribution >= 0.6 is 11.6 Å². The van der Waals surface area contributed by atoms with Crippen LogP contribution in [0.4, 0.5) is 5.69 Å². The van der Waals surface area contributed by atoms with Crippen LogP contribution in [-0.4, -0.2) is 29.4 Å². The summed E-state index contributed by atoms with van der Waals surface area (Å²) in [6, 6.07) is 10.8. The summed E-state index contributed by atoms with van der Waals surface area (Å²) in [5, 5.41) is 14.6. The predicted octanol–water partition coefficient (Wildman–Crippen LogP) is 3.61. The Morgan fingerprint density at radius 1 is 1.07 bits per heavy atom. The summed E-state index contributed by atoms with van der Waals surface area (Å²) in [5.74, 6) is -1.22. The zero-order valence-corrected chi connectivity index (χ0v) is 15.8. The summed E-state index contributed by atoms with van der Waals surface area (Å²) in [4.78, 5) is 35.1. The van der Waals surface area contributed by atoms with Gasteiger partial charge in [-0.25, -0.2) is 4.79 Å². The molecule has 3 N–H and O–H groups in total. The molecular weight excluding hydrogens is 368 g/mol. The topological polar surface area (TPSA) is 95.5 Å². The minimum Gasteiger partial charge on any atom is -0.478 e. The van der Waals surface area contributed by atoms with Crippen molar-refractivity contribution < 1.29 is 19.5 Å². The normalized spacial score (nSPS) is 10.5. The standard InChI is InChI=1S/C20H21ClN2O4/c1-12(2)11-22-19(25)16-8-7-15(10-17(16)21)23-18(24)9-13-3-5-14(6-4-13)20(26)27/h3-8,10,12H,9,11H2,1-2H3,(H,22,25)(H,23,24)(H,26,27). The monoisotopic (exact) mass is 388 g/mol. The molecule has 0 bridgehead atoms. The maximum absolute atomic E-state index is 12.2. The molecule has 0 radical (unpaired) electrons. The van der Waals surface area contributed by atoms with Crippen LogP contribution in [0.15, 0.2) is 42.5 Å². The van der Waals surface area contributed by atoms with Gasteiger partial charge in [0.2, 0.25) is 5.91 Å². The molecular formula is C20H21ClN2O4. The van der Waals surface area contributed by atoms with Gasteiger partial charge in [0.15, 0.2) is 0 Å². The van der Waals surface area contributed by atoms with Gasteiger partial charge in [0.1, 0.15) is 0 Å². The second kappa shape index (κ2) is 9.19. The molecule has 2 amide bonds. The van der Waals surface area contributed by atoms with Crippen LogP contribution in [0.1, 0.15) is 40.1 Å². The van der Waals surface area contributed by atoms with E-state index in [2.05, 4.69) is 10.6 Å². The van der Waals surface area contributed by atoms with Gasteiger partial charge in [-0.3, -0.25) is 9.59 Å². The Bertz CT molecular complexity index is 848. The Kier molecular flexibility index (Phi) is 6.96. The molecule has 0 unspecified atom stereocenters. The van der Waals surface area contributed by atoms with Crippen LogP contribution in [0.25, 0.3) is 0 Å². The number of hydrogen-bond acceptors (Lipinski definition) is 3. The number of carbonyl (C=O) groups excluding carboxylic acids is 2. The van der Waals surface area contributed by atoms with Crippen LogP contribution in [0, 0.1) is 5.92 Å². The second-order valence-electron chi connectivity index (χ2n) is 6.53. The average Bonchev–Trinajstić information content (AvgIpc) is 2.60. The number of amides is 2. The van der Waals surface area contributed by atoms with Crippen LogP contribution in [-0.2, 0) is 11.2 Å². The Morgan fingerprint density at radius 2 is 1.74 bits per heavy atom. The molecule has 0 fully saturated rings. The molecule has 0 saturated heterocycles. The number of hydrogen-bond donors (Lipinski definition) is 3. The molecule has 0 aromatic heterocycles. The Morgan fingerprint density at radius 3 is 2.30 bits per heavy atom. The maximum atomic E-state index is 12.2. The van der Waals surface area contributed by atoms with Crippen molar-refractivity contribution >= 4 is 35.1 Å². The van der Waals surface area contributed by atoms with Crippen LogP contribution < -0.4 is 10.6 Å². The summed E-state index contributed by atoms with van der Waals surface area (Å²) in [6.45, 7) is 4.54. The Labute approximate surface area is 162 Å². The van der Waals surface area contributed by atoms with Gasteiger partial charge in [0.25, 0.3) is 5.91 Å². The molecule has 0 saturated carbocycles. The van der Waals surface area contributed by atoms with Crippen LogP contribution in [0.3, 0.4) is 0 Å². The van der Waals surface area contributed by atoms with E-state index in [0.717, 1.165) is 0 Å². The largest absolute Gasteiger partial charge is 0.478 e.